The highest BCUT2D eigenvalue weighted by atomic mass is 16.4. The third kappa shape index (κ3) is 3.53. The largest absolute Gasteiger partial charge is 0.481 e. The molecule has 1 saturated heterocycles. The Hall–Kier alpha value is -1.43. The molecule has 0 bridgehead atoms. The molecule has 18 heavy (non-hydrogen) atoms. The van der Waals surface area contributed by atoms with E-state index in [1.165, 1.54) is 0 Å². The molecule has 1 aromatic heterocycles. The van der Waals surface area contributed by atoms with Gasteiger partial charge in [0.05, 0.1) is 6.54 Å². The van der Waals surface area contributed by atoms with Crippen LogP contribution in [0.15, 0.2) is 6.33 Å². The molecule has 6 heteroatoms. The van der Waals surface area contributed by atoms with Crippen LogP contribution in [-0.4, -0.2) is 43.8 Å². The molecule has 0 aliphatic carbocycles. The lowest BCUT2D eigenvalue weighted by molar-refractivity contribution is -0.137. The number of carboxylic acid groups (broad SMARTS) is 1. The van der Waals surface area contributed by atoms with Crippen LogP contribution in [0, 0.1) is 5.92 Å². The second-order valence-corrected chi connectivity index (χ2v) is 4.95. The van der Waals surface area contributed by atoms with Gasteiger partial charge < -0.3 is 5.11 Å². The fourth-order valence-corrected chi connectivity index (χ4v) is 2.42. The van der Waals surface area contributed by atoms with Crippen LogP contribution in [0.2, 0.25) is 0 Å². The summed E-state index contributed by atoms with van der Waals surface area (Å²) < 4.78 is 1.80. The van der Waals surface area contributed by atoms with Crippen molar-refractivity contribution in [3.63, 3.8) is 0 Å². The molecule has 1 N–H and O–H groups in total. The minimum atomic E-state index is -0.684. The second kappa shape index (κ2) is 5.95. The Kier molecular flexibility index (Phi) is 4.30. The van der Waals surface area contributed by atoms with Gasteiger partial charge in [-0.05, 0) is 38.3 Å². The molecule has 0 spiro atoms. The summed E-state index contributed by atoms with van der Waals surface area (Å²) in [6, 6.07) is 0. The van der Waals surface area contributed by atoms with Crippen molar-refractivity contribution < 1.29 is 9.90 Å². The first-order chi connectivity index (χ1) is 8.65. The second-order valence-electron chi connectivity index (χ2n) is 4.95. The number of aromatic nitrogens is 3. The van der Waals surface area contributed by atoms with Crippen LogP contribution in [-0.2, 0) is 18.4 Å². The third-order valence-corrected chi connectivity index (χ3v) is 3.64. The van der Waals surface area contributed by atoms with E-state index < -0.39 is 5.97 Å². The highest BCUT2D eigenvalue weighted by Gasteiger charge is 2.20. The van der Waals surface area contributed by atoms with Crippen LogP contribution in [0.4, 0.5) is 0 Å². The standard InChI is InChI=1S/C12H20N4O2/c1-15-11(13-9-14-15)8-16-6-4-10(5-7-16)2-3-12(17)18/h9-10H,2-8H2,1H3,(H,17,18). The molecule has 0 unspecified atom stereocenters. The van der Waals surface area contributed by atoms with E-state index in [0.717, 1.165) is 44.7 Å². The Morgan fingerprint density at radius 3 is 2.78 bits per heavy atom. The first-order valence-corrected chi connectivity index (χ1v) is 6.42. The minimum Gasteiger partial charge on any atom is -0.481 e. The number of piperidine rings is 1. The van der Waals surface area contributed by atoms with Gasteiger partial charge in [-0.15, -0.1) is 0 Å². The number of likely N-dealkylation sites (tertiary alicyclic amines) is 1. The van der Waals surface area contributed by atoms with Crippen molar-refractivity contribution in [2.75, 3.05) is 13.1 Å². The Morgan fingerprint density at radius 1 is 1.50 bits per heavy atom. The lowest BCUT2D eigenvalue weighted by atomic mass is 9.92. The smallest absolute Gasteiger partial charge is 0.303 e. The number of hydrogen-bond acceptors (Lipinski definition) is 4. The first kappa shape index (κ1) is 13.0. The fraction of sp³-hybridized carbons (Fsp3) is 0.750. The molecule has 2 rings (SSSR count). The number of nitrogens with zero attached hydrogens (tertiary/aromatic N) is 4. The van der Waals surface area contributed by atoms with Gasteiger partial charge in [-0.1, -0.05) is 0 Å². The molecule has 0 amide bonds. The number of carboxylic acids is 1. The normalized spacial score (nSPS) is 18.1. The van der Waals surface area contributed by atoms with E-state index in [2.05, 4.69) is 15.0 Å². The Bertz CT molecular complexity index is 397. The molecule has 1 aromatic rings. The predicted octanol–water partition coefficient (Wildman–Crippen LogP) is 0.892. The molecular weight excluding hydrogens is 232 g/mol. The van der Waals surface area contributed by atoms with Gasteiger partial charge in [0.25, 0.3) is 0 Å². The Labute approximate surface area is 107 Å². The van der Waals surface area contributed by atoms with E-state index >= 15 is 0 Å². The molecular formula is C12H20N4O2. The Morgan fingerprint density at radius 2 is 2.22 bits per heavy atom. The van der Waals surface area contributed by atoms with E-state index in [1.807, 2.05) is 7.05 Å². The maximum Gasteiger partial charge on any atom is 0.303 e. The van der Waals surface area contributed by atoms with Gasteiger partial charge in [-0.2, -0.15) is 5.10 Å². The minimum absolute atomic E-state index is 0.300. The zero-order chi connectivity index (χ0) is 13.0. The van der Waals surface area contributed by atoms with Crippen LogP contribution in [0.3, 0.4) is 0 Å². The lowest BCUT2D eigenvalue weighted by Gasteiger charge is -2.31. The lowest BCUT2D eigenvalue weighted by Crippen LogP contribution is -2.34. The van der Waals surface area contributed by atoms with Crippen LogP contribution in [0.25, 0.3) is 0 Å². The monoisotopic (exact) mass is 252 g/mol. The third-order valence-electron chi connectivity index (χ3n) is 3.64. The van der Waals surface area contributed by atoms with Crippen molar-refractivity contribution >= 4 is 5.97 Å². The Balaban J connectivity index is 1.73. The molecule has 100 valence electrons. The maximum atomic E-state index is 10.5. The molecule has 0 atom stereocenters. The van der Waals surface area contributed by atoms with E-state index in [0.29, 0.717) is 12.3 Å². The average molecular weight is 252 g/mol. The van der Waals surface area contributed by atoms with Crippen molar-refractivity contribution in [2.45, 2.75) is 32.2 Å². The number of aryl methyl sites for hydroxylation is 1. The van der Waals surface area contributed by atoms with Gasteiger partial charge in [0.2, 0.25) is 0 Å². The molecule has 0 radical (unpaired) electrons. The zero-order valence-corrected chi connectivity index (χ0v) is 10.7. The molecule has 6 nitrogen and oxygen atoms in total. The molecule has 1 aliphatic heterocycles. The van der Waals surface area contributed by atoms with Crippen molar-refractivity contribution in [3.05, 3.63) is 12.2 Å². The van der Waals surface area contributed by atoms with Gasteiger partial charge in [-0.25, -0.2) is 4.98 Å². The SMILES string of the molecule is Cn1ncnc1CN1CCC(CCC(=O)O)CC1. The summed E-state index contributed by atoms with van der Waals surface area (Å²) in [5, 5.41) is 12.7. The summed E-state index contributed by atoms with van der Waals surface area (Å²) in [6.07, 6.45) is 4.87. The van der Waals surface area contributed by atoms with Crippen molar-refractivity contribution in [2.24, 2.45) is 13.0 Å². The number of carbonyl (C=O) groups is 1. The molecule has 0 aromatic carbocycles. The maximum absolute atomic E-state index is 10.5. The molecule has 0 saturated carbocycles. The first-order valence-electron chi connectivity index (χ1n) is 6.42. The zero-order valence-electron chi connectivity index (χ0n) is 10.7. The van der Waals surface area contributed by atoms with Crippen LogP contribution in [0.5, 0.6) is 0 Å². The van der Waals surface area contributed by atoms with E-state index in [9.17, 15) is 4.79 Å². The van der Waals surface area contributed by atoms with Crippen molar-refractivity contribution in [1.82, 2.24) is 19.7 Å². The average Bonchev–Trinajstić information content (AvgIpc) is 2.74. The summed E-state index contributed by atoms with van der Waals surface area (Å²) in [5.41, 5.74) is 0. The molecule has 1 fully saturated rings. The van der Waals surface area contributed by atoms with Gasteiger partial charge in [-0.3, -0.25) is 14.4 Å². The van der Waals surface area contributed by atoms with Crippen molar-refractivity contribution in [3.8, 4) is 0 Å². The van der Waals surface area contributed by atoms with E-state index in [4.69, 9.17) is 5.11 Å². The van der Waals surface area contributed by atoms with Crippen molar-refractivity contribution in [1.29, 1.82) is 0 Å². The predicted molar refractivity (Wildman–Crippen MR) is 65.9 cm³/mol. The summed E-state index contributed by atoms with van der Waals surface area (Å²) in [5.74, 6) is 0.868. The highest BCUT2D eigenvalue weighted by molar-refractivity contribution is 5.66. The highest BCUT2D eigenvalue weighted by Crippen LogP contribution is 2.22. The topological polar surface area (TPSA) is 71.2 Å². The van der Waals surface area contributed by atoms with E-state index in [1.54, 1.807) is 11.0 Å². The fourth-order valence-electron chi connectivity index (χ4n) is 2.42. The van der Waals surface area contributed by atoms with Crippen LogP contribution in [0.1, 0.15) is 31.5 Å². The van der Waals surface area contributed by atoms with Gasteiger partial charge in [0, 0.05) is 13.5 Å². The molecule has 1 aliphatic rings. The van der Waals surface area contributed by atoms with Gasteiger partial charge in [0.15, 0.2) is 0 Å². The van der Waals surface area contributed by atoms with E-state index in [-0.39, 0.29) is 0 Å². The van der Waals surface area contributed by atoms with Crippen LogP contribution >= 0.6 is 0 Å². The summed E-state index contributed by atoms with van der Waals surface area (Å²) in [4.78, 5) is 17.1. The van der Waals surface area contributed by atoms with Gasteiger partial charge in [0.1, 0.15) is 12.2 Å². The molecule has 2 heterocycles. The summed E-state index contributed by atoms with van der Waals surface area (Å²) >= 11 is 0. The number of aliphatic carboxylic acids is 1. The number of rotatable bonds is 5. The van der Waals surface area contributed by atoms with Gasteiger partial charge >= 0.3 is 5.97 Å². The quantitative estimate of drug-likeness (QED) is 0.842. The summed E-state index contributed by atoms with van der Waals surface area (Å²) in [6.45, 7) is 2.89. The number of hydrogen-bond donors (Lipinski definition) is 1. The summed E-state index contributed by atoms with van der Waals surface area (Å²) in [7, 11) is 1.90. The van der Waals surface area contributed by atoms with Crippen LogP contribution < -0.4 is 0 Å².